The number of ether oxygens (including phenoxy) is 4. The molecule has 36 heavy (non-hydrogen) atoms. The number of hydrogen-bond donors (Lipinski definition) is 0. The monoisotopic (exact) mass is 510 g/mol. The van der Waals surface area contributed by atoms with Gasteiger partial charge in [0.1, 0.15) is 5.75 Å². The summed E-state index contributed by atoms with van der Waals surface area (Å²) in [6, 6.07) is 12.7. The topological polar surface area (TPSA) is 46.2 Å². The maximum Gasteiger partial charge on any atom is 0.192 e. The zero-order chi connectivity index (χ0) is 26.5. The number of methoxy groups -OCH3 is 4. The zero-order valence-electron chi connectivity index (χ0n) is 23.4. The first-order valence-corrected chi connectivity index (χ1v) is 15.5. The molecule has 0 aliphatic rings. The third-order valence-corrected chi connectivity index (χ3v) is 11.9. The predicted octanol–water partition coefficient (Wildman–Crippen LogP) is 7.89. The van der Waals surface area contributed by atoms with Crippen LogP contribution in [0.4, 0.5) is 0 Å². The Labute approximate surface area is 217 Å². The Kier molecular flexibility index (Phi) is 8.96. The van der Waals surface area contributed by atoms with E-state index in [1.165, 1.54) is 5.56 Å². The third kappa shape index (κ3) is 6.16. The summed E-state index contributed by atoms with van der Waals surface area (Å²) in [5, 5.41) is 4.68. The number of hydrogen-bond acceptors (Lipinski definition) is 5. The van der Waals surface area contributed by atoms with E-state index in [-0.39, 0.29) is 11.1 Å². The number of benzene rings is 3. The highest BCUT2D eigenvalue weighted by Gasteiger charge is 2.39. The minimum absolute atomic E-state index is 0.0828. The summed E-state index contributed by atoms with van der Waals surface area (Å²) in [7, 11) is 4.76. The second-order valence-corrected chi connectivity index (χ2v) is 15.5. The standard InChI is InChI=1S/C30H42O5Si/c1-30(2,3)36(8,9)35-24(12-10-11-15-31-4)17-22-16-21-13-14-23(32-5)18-25(21)27-20-29(34-7)28(33-6)19-26(22)27/h11,13-16,18-20,24H,10,12,17H2,1-9H3/b15-11+/t24-/m0/s1. The summed E-state index contributed by atoms with van der Waals surface area (Å²) < 4.78 is 29.0. The Morgan fingerprint density at radius 3 is 2.08 bits per heavy atom. The summed E-state index contributed by atoms with van der Waals surface area (Å²) in [6.07, 6.45) is 6.52. The fourth-order valence-corrected chi connectivity index (χ4v) is 5.70. The predicted molar refractivity (Wildman–Crippen MR) is 152 cm³/mol. The van der Waals surface area contributed by atoms with Crippen LogP contribution in [0.25, 0.3) is 21.5 Å². The van der Waals surface area contributed by atoms with Crippen LogP contribution in [0.3, 0.4) is 0 Å². The smallest absolute Gasteiger partial charge is 0.192 e. The lowest BCUT2D eigenvalue weighted by molar-refractivity contribution is 0.172. The maximum atomic E-state index is 6.97. The molecule has 0 N–H and O–H groups in total. The molecule has 0 aliphatic carbocycles. The minimum Gasteiger partial charge on any atom is -0.505 e. The van der Waals surface area contributed by atoms with Crippen molar-refractivity contribution in [3.8, 4) is 17.2 Å². The molecule has 0 aliphatic heterocycles. The number of allylic oxidation sites excluding steroid dienone is 1. The van der Waals surface area contributed by atoms with Gasteiger partial charge in [0.25, 0.3) is 0 Å². The summed E-state index contributed by atoms with van der Waals surface area (Å²) in [6.45, 7) is 11.5. The zero-order valence-corrected chi connectivity index (χ0v) is 24.4. The second-order valence-electron chi connectivity index (χ2n) is 10.8. The van der Waals surface area contributed by atoms with Crippen LogP contribution < -0.4 is 14.2 Å². The van der Waals surface area contributed by atoms with Gasteiger partial charge in [-0.25, -0.2) is 0 Å². The van der Waals surface area contributed by atoms with Crippen molar-refractivity contribution in [3.05, 3.63) is 54.3 Å². The van der Waals surface area contributed by atoms with Gasteiger partial charge in [0.2, 0.25) is 0 Å². The van der Waals surface area contributed by atoms with Crippen LogP contribution >= 0.6 is 0 Å². The van der Waals surface area contributed by atoms with E-state index in [2.05, 4.69) is 70.3 Å². The van der Waals surface area contributed by atoms with Crippen molar-refractivity contribution in [2.75, 3.05) is 28.4 Å². The molecule has 0 heterocycles. The van der Waals surface area contributed by atoms with Crippen LogP contribution in [-0.4, -0.2) is 42.9 Å². The molecule has 0 aromatic heterocycles. The van der Waals surface area contributed by atoms with Crippen molar-refractivity contribution in [1.82, 2.24) is 0 Å². The largest absolute Gasteiger partial charge is 0.505 e. The molecule has 0 saturated heterocycles. The maximum absolute atomic E-state index is 6.97. The average Bonchev–Trinajstić information content (AvgIpc) is 2.84. The third-order valence-electron chi connectivity index (χ3n) is 7.35. The van der Waals surface area contributed by atoms with Gasteiger partial charge in [-0.05, 0) is 94.8 Å². The van der Waals surface area contributed by atoms with Gasteiger partial charge in [-0.15, -0.1) is 0 Å². The molecule has 196 valence electrons. The lowest BCUT2D eigenvalue weighted by atomic mass is 9.93. The van der Waals surface area contributed by atoms with E-state index in [1.54, 1.807) is 34.7 Å². The molecule has 3 aromatic carbocycles. The van der Waals surface area contributed by atoms with Crippen molar-refractivity contribution >= 4 is 29.9 Å². The van der Waals surface area contributed by atoms with Gasteiger partial charge in [0.15, 0.2) is 19.8 Å². The summed E-state index contributed by atoms with van der Waals surface area (Å²) in [5.74, 6) is 2.26. The molecule has 5 nitrogen and oxygen atoms in total. The summed E-state index contributed by atoms with van der Waals surface area (Å²) in [5.41, 5.74) is 1.24. The van der Waals surface area contributed by atoms with Gasteiger partial charge in [0, 0.05) is 6.10 Å². The molecule has 0 unspecified atom stereocenters. The number of rotatable bonds is 11. The molecule has 0 spiro atoms. The van der Waals surface area contributed by atoms with Crippen LogP contribution in [0.1, 0.15) is 39.2 Å². The molecule has 0 saturated carbocycles. The van der Waals surface area contributed by atoms with Crippen molar-refractivity contribution in [2.24, 2.45) is 0 Å². The summed E-state index contributed by atoms with van der Waals surface area (Å²) >= 11 is 0. The van der Waals surface area contributed by atoms with Crippen LogP contribution in [0.2, 0.25) is 18.1 Å². The van der Waals surface area contributed by atoms with Crippen LogP contribution in [0.15, 0.2) is 48.7 Å². The average molecular weight is 511 g/mol. The van der Waals surface area contributed by atoms with Crippen molar-refractivity contribution in [2.45, 2.75) is 64.3 Å². The van der Waals surface area contributed by atoms with Crippen molar-refractivity contribution in [3.63, 3.8) is 0 Å². The van der Waals surface area contributed by atoms with Crippen LogP contribution in [0, 0.1) is 0 Å². The Balaban J connectivity index is 2.15. The Bertz CT molecular complexity index is 1210. The second kappa shape index (κ2) is 11.6. The summed E-state index contributed by atoms with van der Waals surface area (Å²) in [4.78, 5) is 0. The van der Waals surface area contributed by atoms with E-state index in [1.807, 2.05) is 6.07 Å². The SMILES string of the molecule is CO/C=C/CC[C@@H](Cc1cc2ccc(OC)cc2c2cc(OC)c(OC)cc12)O[Si](C)(C)C(C)(C)C. The Morgan fingerprint density at radius 2 is 1.50 bits per heavy atom. The lowest BCUT2D eigenvalue weighted by Crippen LogP contribution is -2.44. The first-order valence-electron chi connectivity index (χ1n) is 12.6. The van der Waals surface area contributed by atoms with Gasteiger partial charge >= 0.3 is 0 Å². The van der Waals surface area contributed by atoms with E-state index < -0.39 is 8.32 Å². The minimum atomic E-state index is -1.97. The fraction of sp³-hybridized carbons (Fsp3) is 0.467. The fourth-order valence-electron chi connectivity index (χ4n) is 4.31. The van der Waals surface area contributed by atoms with Gasteiger partial charge in [-0.1, -0.05) is 32.9 Å². The highest BCUT2D eigenvalue weighted by Crippen LogP contribution is 2.41. The first-order chi connectivity index (χ1) is 17.0. The molecule has 0 fully saturated rings. The first kappa shape index (κ1) is 27.9. The molecule has 0 bridgehead atoms. The Hall–Kier alpha value is -2.70. The van der Waals surface area contributed by atoms with Crippen LogP contribution in [0.5, 0.6) is 17.2 Å². The normalized spacial score (nSPS) is 13.4. The van der Waals surface area contributed by atoms with Gasteiger partial charge in [-0.2, -0.15) is 0 Å². The van der Waals surface area contributed by atoms with E-state index >= 15 is 0 Å². The van der Waals surface area contributed by atoms with Crippen LogP contribution in [-0.2, 0) is 15.6 Å². The highest BCUT2D eigenvalue weighted by atomic mass is 28.4. The van der Waals surface area contributed by atoms with E-state index in [4.69, 9.17) is 23.4 Å². The van der Waals surface area contributed by atoms with E-state index in [9.17, 15) is 0 Å². The molecule has 3 rings (SSSR count). The molecule has 0 radical (unpaired) electrons. The molecular formula is C30H42O5Si. The molecule has 3 aromatic rings. The quantitative estimate of drug-likeness (QED) is 0.149. The van der Waals surface area contributed by atoms with Gasteiger partial charge < -0.3 is 23.4 Å². The molecule has 6 heteroatoms. The Morgan fingerprint density at radius 1 is 0.833 bits per heavy atom. The van der Waals surface area contributed by atoms with Crippen molar-refractivity contribution < 1.29 is 23.4 Å². The molecule has 1 atom stereocenters. The van der Waals surface area contributed by atoms with E-state index in [0.29, 0.717) is 5.75 Å². The lowest BCUT2D eigenvalue weighted by Gasteiger charge is -2.39. The molecule has 0 amide bonds. The van der Waals surface area contributed by atoms with Crippen molar-refractivity contribution in [1.29, 1.82) is 0 Å². The number of fused-ring (bicyclic) bond motifs is 3. The van der Waals surface area contributed by atoms with Gasteiger partial charge in [0.05, 0.1) is 34.7 Å². The van der Waals surface area contributed by atoms with Gasteiger partial charge in [-0.3, -0.25) is 0 Å². The van der Waals surface area contributed by atoms with E-state index in [0.717, 1.165) is 52.3 Å². The molecular weight excluding hydrogens is 468 g/mol. The highest BCUT2D eigenvalue weighted by molar-refractivity contribution is 6.74.